The van der Waals surface area contributed by atoms with Crippen LogP contribution in [0.3, 0.4) is 0 Å². The average Bonchev–Trinajstić information content (AvgIpc) is 3.38. The number of benzene rings is 2. The first-order valence-corrected chi connectivity index (χ1v) is 12.8. The van der Waals surface area contributed by atoms with Gasteiger partial charge < -0.3 is 15.2 Å². The maximum atomic E-state index is 12.4. The van der Waals surface area contributed by atoms with E-state index in [1.165, 1.54) is 34.9 Å². The molecule has 0 radical (unpaired) electrons. The number of anilines is 2. The van der Waals surface area contributed by atoms with Crippen molar-refractivity contribution >= 4 is 68.3 Å². The third-order valence-electron chi connectivity index (χ3n) is 4.64. The van der Waals surface area contributed by atoms with Crippen molar-refractivity contribution in [2.45, 2.75) is 23.3 Å². The Morgan fingerprint density at radius 3 is 2.58 bits per heavy atom. The lowest BCUT2D eigenvalue weighted by Gasteiger charge is -2.08. The summed E-state index contributed by atoms with van der Waals surface area (Å²) in [6.45, 7) is 4.01. The summed E-state index contributed by atoms with van der Waals surface area (Å²) in [4.78, 5) is 29.2. The first-order chi connectivity index (χ1) is 15.9. The van der Waals surface area contributed by atoms with Crippen LogP contribution in [0.25, 0.3) is 10.2 Å². The number of amides is 2. The molecule has 2 heterocycles. The Labute approximate surface area is 203 Å². The fourth-order valence-electron chi connectivity index (χ4n) is 3.04. The molecule has 0 aliphatic heterocycles. The fraction of sp³-hybridized carbons (Fsp3) is 0.227. The van der Waals surface area contributed by atoms with Crippen LogP contribution in [0.15, 0.2) is 52.2 Å². The number of nitrogens with one attached hydrogen (secondary N) is 2. The van der Waals surface area contributed by atoms with Crippen molar-refractivity contribution < 1.29 is 9.59 Å². The molecule has 33 heavy (non-hydrogen) atoms. The maximum absolute atomic E-state index is 12.4. The summed E-state index contributed by atoms with van der Waals surface area (Å²) in [6.07, 6.45) is 1.60. The predicted octanol–water partition coefficient (Wildman–Crippen LogP) is 4.50. The number of hydrogen-bond acceptors (Lipinski definition) is 8. The number of carbonyl (C=O) groups is 2. The summed E-state index contributed by atoms with van der Waals surface area (Å²) >= 11 is 4.23. The van der Waals surface area contributed by atoms with E-state index in [1.54, 1.807) is 10.9 Å². The van der Waals surface area contributed by atoms with Gasteiger partial charge >= 0.3 is 0 Å². The van der Waals surface area contributed by atoms with Crippen molar-refractivity contribution in [3.8, 4) is 0 Å². The SMILES string of the molecule is Cc1ccc(NC(=O)CSc2nc3ccc(NC(=O)CSc4nncn4C)cc3s2)c(C)c1. The van der Waals surface area contributed by atoms with Crippen LogP contribution in [0.4, 0.5) is 11.4 Å². The average molecular weight is 499 g/mol. The Balaban J connectivity index is 1.32. The van der Waals surface area contributed by atoms with E-state index in [1.807, 2.05) is 57.3 Å². The molecule has 0 unspecified atom stereocenters. The normalized spacial score (nSPS) is 11.0. The lowest BCUT2D eigenvalue weighted by molar-refractivity contribution is -0.114. The summed E-state index contributed by atoms with van der Waals surface area (Å²) in [7, 11) is 1.83. The lowest BCUT2D eigenvalue weighted by atomic mass is 10.1. The van der Waals surface area contributed by atoms with Gasteiger partial charge in [0.1, 0.15) is 6.33 Å². The molecule has 0 saturated carbocycles. The largest absolute Gasteiger partial charge is 0.325 e. The third-order valence-corrected chi connectivity index (χ3v) is 7.83. The Morgan fingerprint density at radius 1 is 1.03 bits per heavy atom. The second-order valence-electron chi connectivity index (χ2n) is 7.38. The van der Waals surface area contributed by atoms with E-state index in [-0.39, 0.29) is 23.3 Å². The van der Waals surface area contributed by atoms with Gasteiger partial charge in [-0.25, -0.2) is 4.98 Å². The minimum Gasteiger partial charge on any atom is -0.325 e. The Kier molecular flexibility index (Phi) is 7.31. The van der Waals surface area contributed by atoms with Crippen molar-refractivity contribution in [2.75, 3.05) is 22.1 Å². The molecule has 2 aromatic heterocycles. The van der Waals surface area contributed by atoms with Gasteiger partial charge in [-0.1, -0.05) is 41.2 Å². The minimum atomic E-state index is -0.121. The van der Waals surface area contributed by atoms with Crippen molar-refractivity contribution in [3.63, 3.8) is 0 Å². The van der Waals surface area contributed by atoms with E-state index in [2.05, 4.69) is 25.8 Å². The van der Waals surface area contributed by atoms with Gasteiger partial charge in [0, 0.05) is 18.4 Å². The molecule has 2 aromatic carbocycles. The lowest BCUT2D eigenvalue weighted by Crippen LogP contribution is -2.14. The van der Waals surface area contributed by atoms with Gasteiger partial charge in [0.25, 0.3) is 0 Å². The zero-order valence-electron chi connectivity index (χ0n) is 18.3. The van der Waals surface area contributed by atoms with Crippen molar-refractivity contribution in [1.29, 1.82) is 0 Å². The van der Waals surface area contributed by atoms with Gasteiger partial charge in [-0.3, -0.25) is 9.59 Å². The Morgan fingerprint density at radius 2 is 1.82 bits per heavy atom. The summed E-state index contributed by atoms with van der Waals surface area (Å²) in [6, 6.07) is 11.5. The maximum Gasteiger partial charge on any atom is 0.234 e. The minimum absolute atomic E-state index is 0.0698. The molecule has 8 nitrogen and oxygen atoms in total. The molecule has 0 fully saturated rings. The van der Waals surface area contributed by atoms with Gasteiger partial charge in [0.05, 0.1) is 21.7 Å². The number of fused-ring (bicyclic) bond motifs is 1. The molecule has 0 atom stereocenters. The highest BCUT2D eigenvalue weighted by Crippen LogP contribution is 2.31. The van der Waals surface area contributed by atoms with Crippen LogP contribution < -0.4 is 10.6 Å². The van der Waals surface area contributed by atoms with Gasteiger partial charge in [-0.2, -0.15) is 0 Å². The number of aryl methyl sites for hydroxylation is 3. The Hall–Kier alpha value is -2.89. The standard InChI is InChI=1S/C22H22N6O2S3/c1-13-4-6-16(14(2)8-13)25-20(30)11-32-22-26-17-7-5-15(9-18(17)33-22)24-19(29)10-31-21-27-23-12-28(21)3/h4-9,12H,10-11H2,1-3H3,(H,24,29)(H,25,30). The molecule has 0 bridgehead atoms. The number of nitrogens with zero attached hydrogens (tertiary/aromatic N) is 4. The van der Waals surface area contributed by atoms with E-state index < -0.39 is 0 Å². The van der Waals surface area contributed by atoms with E-state index in [0.717, 1.165) is 31.4 Å². The molecule has 0 spiro atoms. The van der Waals surface area contributed by atoms with Crippen LogP contribution in [-0.2, 0) is 16.6 Å². The van der Waals surface area contributed by atoms with Gasteiger partial charge in [0.15, 0.2) is 9.50 Å². The van der Waals surface area contributed by atoms with Crippen LogP contribution in [0.1, 0.15) is 11.1 Å². The number of aromatic nitrogens is 4. The third kappa shape index (κ3) is 6.12. The first-order valence-electron chi connectivity index (χ1n) is 10.0. The number of thiazole rings is 1. The molecular weight excluding hydrogens is 476 g/mol. The molecular formula is C22H22N6O2S3. The summed E-state index contributed by atoms with van der Waals surface area (Å²) in [5, 5.41) is 14.3. The highest BCUT2D eigenvalue weighted by Gasteiger charge is 2.11. The number of thioether (sulfide) groups is 2. The van der Waals surface area contributed by atoms with E-state index in [0.29, 0.717) is 10.8 Å². The zero-order chi connectivity index (χ0) is 23.4. The van der Waals surface area contributed by atoms with Gasteiger partial charge in [-0.05, 0) is 43.7 Å². The summed E-state index contributed by atoms with van der Waals surface area (Å²) in [5.41, 5.74) is 4.57. The van der Waals surface area contributed by atoms with Crippen LogP contribution in [-0.4, -0.2) is 43.1 Å². The van der Waals surface area contributed by atoms with Crippen LogP contribution in [0.5, 0.6) is 0 Å². The molecule has 2 amide bonds. The molecule has 11 heteroatoms. The second-order valence-corrected chi connectivity index (χ2v) is 10.6. The van der Waals surface area contributed by atoms with Crippen LogP contribution in [0.2, 0.25) is 0 Å². The van der Waals surface area contributed by atoms with Crippen molar-refractivity contribution in [3.05, 3.63) is 53.9 Å². The molecule has 4 rings (SSSR count). The van der Waals surface area contributed by atoms with Crippen LogP contribution >= 0.6 is 34.9 Å². The number of rotatable bonds is 8. The number of carbonyl (C=O) groups excluding carboxylic acids is 2. The summed E-state index contributed by atoms with van der Waals surface area (Å²) in [5.74, 6) is 0.323. The summed E-state index contributed by atoms with van der Waals surface area (Å²) < 4.78 is 3.52. The Bertz CT molecular complexity index is 1320. The zero-order valence-corrected chi connectivity index (χ0v) is 20.7. The second kappa shape index (κ2) is 10.4. The molecule has 0 aliphatic carbocycles. The van der Waals surface area contributed by atoms with E-state index in [9.17, 15) is 9.59 Å². The fourth-order valence-corrected chi connectivity index (χ4v) is 5.64. The molecule has 0 saturated heterocycles. The number of hydrogen-bond donors (Lipinski definition) is 2. The highest BCUT2D eigenvalue weighted by atomic mass is 32.2. The van der Waals surface area contributed by atoms with Crippen LogP contribution in [0, 0.1) is 13.8 Å². The monoisotopic (exact) mass is 498 g/mol. The molecule has 0 aliphatic rings. The van der Waals surface area contributed by atoms with Gasteiger partial charge in [0.2, 0.25) is 11.8 Å². The first kappa shape index (κ1) is 23.3. The van der Waals surface area contributed by atoms with Crippen molar-refractivity contribution in [1.82, 2.24) is 19.7 Å². The molecule has 2 N–H and O–H groups in total. The van der Waals surface area contributed by atoms with E-state index in [4.69, 9.17) is 0 Å². The van der Waals surface area contributed by atoms with E-state index >= 15 is 0 Å². The smallest absolute Gasteiger partial charge is 0.234 e. The predicted molar refractivity (Wildman–Crippen MR) is 135 cm³/mol. The topological polar surface area (TPSA) is 102 Å². The van der Waals surface area contributed by atoms with Gasteiger partial charge in [-0.15, -0.1) is 21.5 Å². The molecule has 170 valence electrons. The quantitative estimate of drug-likeness (QED) is 0.345. The van der Waals surface area contributed by atoms with Crippen molar-refractivity contribution in [2.24, 2.45) is 7.05 Å². The molecule has 4 aromatic rings. The highest BCUT2D eigenvalue weighted by molar-refractivity contribution is 8.01.